The number of esters is 1. The largest absolute Gasteiger partial charge is 0.497 e. The summed E-state index contributed by atoms with van der Waals surface area (Å²) in [5.74, 6) is 0.617. The highest BCUT2D eigenvalue weighted by Gasteiger charge is 2.50. The van der Waals surface area contributed by atoms with Gasteiger partial charge in [-0.05, 0) is 29.8 Å². The first-order valence-corrected chi connectivity index (χ1v) is 7.87. The van der Waals surface area contributed by atoms with Crippen LogP contribution in [0.4, 0.5) is 0 Å². The van der Waals surface area contributed by atoms with Crippen molar-refractivity contribution in [2.24, 2.45) is 0 Å². The highest BCUT2D eigenvalue weighted by Crippen LogP contribution is 2.38. The van der Waals surface area contributed by atoms with E-state index in [2.05, 4.69) is 4.74 Å². The van der Waals surface area contributed by atoms with Gasteiger partial charge in [-0.1, -0.05) is 30.3 Å². The maximum absolute atomic E-state index is 12.5. The zero-order valence-corrected chi connectivity index (χ0v) is 14.0. The summed E-state index contributed by atoms with van der Waals surface area (Å²) in [6.45, 7) is -0.110. The van der Waals surface area contributed by atoms with Crippen LogP contribution >= 0.6 is 0 Å². The average molecular weight is 341 g/mol. The molecule has 3 rings (SSSR count). The van der Waals surface area contributed by atoms with Crippen LogP contribution in [0.25, 0.3) is 0 Å². The SMILES string of the molecule is COC(=O)CN1C(=O)[C@@H](Oc2ccccc2)[C@H]1c1ccc(OC)cc1. The van der Waals surface area contributed by atoms with Crippen molar-refractivity contribution in [1.29, 1.82) is 0 Å². The molecule has 2 aromatic rings. The fourth-order valence-corrected chi connectivity index (χ4v) is 2.81. The molecule has 1 aliphatic rings. The van der Waals surface area contributed by atoms with Crippen LogP contribution in [0.2, 0.25) is 0 Å². The minimum absolute atomic E-state index is 0.110. The summed E-state index contributed by atoms with van der Waals surface area (Å²) in [5.41, 5.74) is 0.866. The second kappa shape index (κ2) is 7.25. The molecule has 2 atom stereocenters. The molecule has 0 N–H and O–H groups in total. The highest BCUT2D eigenvalue weighted by atomic mass is 16.5. The van der Waals surface area contributed by atoms with Gasteiger partial charge in [0.05, 0.1) is 14.2 Å². The molecule has 130 valence electrons. The first-order valence-electron chi connectivity index (χ1n) is 7.87. The molecule has 0 saturated carbocycles. The molecule has 0 unspecified atom stereocenters. The maximum Gasteiger partial charge on any atom is 0.325 e. The molecule has 6 heteroatoms. The predicted octanol–water partition coefficient (Wildman–Crippen LogP) is 2.20. The van der Waals surface area contributed by atoms with Gasteiger partial charge in [-0.3, -0.25) is 9.59 Å². The molecule has 1 amide bonds. The van der Waals surface area contributed by atoms with Crippen LogP contribution < -0.4 is 9.47 Å². The van der Waals surface area contributed by atoms with Crippen molar-refractivity contribution in [1.82, 2.24) is 4.90 Å². The zero-order chi connectivity index (χ0) is 17.8. The number of methoxy groups -OCH3 is 2. The third-order valence-electron chi connectivity index (χ3n) is 4.14. The van der Waals surface area contributed by atoms with Gasteiger partial charge in [-0.15, -0.1) is 0 Å². The van der Waals surface area contributed by atoms with Gasteiger partial charge in [0.1, 0.15) is 24.1 Å². The van der Waals surface area contributed by atoms with E-state index < -0.39 is 12.1 Å². The predicted molar refractivity (Wildman–Crippen MR) is 90.3 cm³/mol. The Bertz CT molecular complexity index is 744. The Labute approximate surface area is 145 Å². The number of ether oxygens (including phenoxy) is 3. The van der Waals surface area contributed by atoms with Gasteiger partial charge in [0, 0.05) is 0 Å². The number of para-hydroxylation sites is 1. The quantitative estimate of drug-likeness (QED) is 0.595. The van der Waals surface area contributed by atoms with E-state index in [9.17, 15) is 9.59 Å². The summed E-state index contributed by atoms with van der Waals surface area (Å²) in [6, 6.07) is 16.1. The van der Waals surface area contributed by atoms with E-state index in [1.165, 1.54) is 12.0 Å². The van der Waals surface area contributed by atoms with Crippen molar-refractivity contribution in [3.05, 3.63) is 60.2 Å². The van der Waals surface area contributed by atoms with Gasteiger partial charge >= 0.3 is 5.97 Å². The number of β-lactam (4-membered cyclic amide) rings is 1. The molecule has 1 aliphatic heterocycles. The van der Waals surface area contributed by atoms with Crippen molar-refractivity contribution in [3.8, 4) is 11.5 Å². The highest BCUT2D eigenvalue weighted by molar-refractivity contribution is 5.92. The molecular formula is C19H19NO5. The van der Waals surface area contributed by atoms with E-state index in [1.54, 1.807) is 19.2 Å². The maximum atomic E-state index is 12.5. The summed E-state index contributed by atoms with van der Waals surface area (Å²) >= 11 is 0. The molecule has 1 fully saturated rings. The molecule has 1 heterocycles. The Hall–Kier alpha value is -3.02. The van der Waals surface area contributed by atoms with Crippen LogP contribution in [-0.4, -0.2) is 43.6 Å². The number of carbonyl (C=O) groups is 2. The average Bonchev–Trinajstić information content (AvgIpc) is 2.67. The molecule has 1 saturated heterocycles. The lowest BCUT2D eigenvalue weighted by Gasteiger charge is -2.46. The minimum atomic E-state index is -0.680. The molecular weight excluding hydrogens is 322 g/mol. The monoisotopic (exact) mass is 341 g/mol. The Morgan fingerprint density at radius 2 is 1.68 bits per heavy atom. The van der Waals surface area contributed by atoms with E-state index in [0.29, 0.717) is 5.75 Å². The number of hydrogen-bond donors (Lipinski definition) is 0. The molecule has 25 heavy (non-hydrogen) atoms. The van der Waals surface area contributed by atoms with Gasteiger partial charge in [-0.2, -0.15) is 0 Å². The van der Waals surface area contributed by atoms with Gasteiger partial charge in [0.15, 0.2) is 0 Å². The Kier molecular flexibility index (Phi) is 4.88. The summed E-state index contributed by atoms with van der Waals surface area (Å²) in [4.78, 5) is 25.6. The number of rotatable bonds is 6. The lowest BCUT2D eigenvalue weighted by molar-refractivity contribution is -0.170. The van der Waals surface area contributed by atoms with Crippen molar-refractivity contribution in [3.63, 3.8) is 0 Å². The number of nitrogens with zero attached hydrogens (tertiary/aromatic N) is 1. The topological polar surface area (TPSA) is 65.1 Å². The molecule has 0 aliphatic carbocycles. The standard InChI is InChI=1S/C19H19NO5/c1-23-14-10-8-13(9-11-14)17-18(25-15-6-4-3-5-7-15)19(22)20(17)12-16(21)24-2/h3-11,17-18H,12H2,1-2H3/t17-,18+/m1/s1. The van der Waals surface area contributed by atoms with Crippen LogP contribution in [0.1, 0.15) is 11.6 Å². The van der Waals surface area contributed by atoms with Crippen molar-refractivity contribution in [2.45, 2.75) is 12.1 Å². The van der Waals surface area contributed by atoms with E-state index in [1.807, 2.05) is 42.5 Å². The van der Waals surface area contributed by atoms with E-state index in [-0.39, 0.29) is 18.5 Å². The van der Waals surface area contributed by atoms with Crippen molar-refractivity contribution >= 4 is 11.9 Å². The van der Waals surface area contributed by atoms with Crippen molar-refractivity contribution in [2.75, 3.05) is 20.8 Å². The first-order chi connectivity index (χ1) is 12.1. The molecule has 6 nitrogen and oxygen atoms in total. The van der Waals surface area contributed by atoms with E-state index >= 15 is 0 Å². The number of likely N-dealkylation sites (tertiary alicyclic amines) is 1. The third-order valence-corrected chi connectivity index (χ3v) is 4.14. The third kappa shape index (κ3) is 3.42. The number of benzene rings is 2. The summed E-state index contributed by atoms with van der Waals surface area (Å²) in [5, 5.41) is 0. The fraction of sp³-hybridized carbons (Fsp3) is 0.263. The first kappa shape index (κ1) is 16.8. The molecule has 2 aromatic carbocycles. The second-order valence-electron chi connectivity index (χ2n) is 5.61. The van der Waals surface area contributed by atoms with Crippen LogP contribution in [0.15, 0.2) is 54.6 Å². The smallest absolute Gasteiger partial charge is 0.325 e. The molecule has 0 aromatic heterocycles. The van der Waals surface area contributed by atoms with E-state index in [0.717, 1.165) is 11.3 Å². The molecule has 0 radical (unpaired) electrons. The van der Waals surface area contributed by atoms with Gasteiger partial charge in [0.25, 0.3) is 5.91 Å². The number of amides is 1. The lowest BCUT2D eigenvalue weighted by atomic mass is 9.90. The van der Waals surface area contributed by atoms with E-state index in [4.69, 9.17) is 9.47 Å². The Morgan fingerprint density at radius 1 is 1.00 bits per heavy atom. The lowest BCUT2D eigenvalue weighted by Crippen LogP contribution is -2.62. The Morgan fingerprint density at radius 3 is 2.28 bits per heavy atom. The van der Waals surface area contributed by atoms with Gasteiger partial charge < -0.3 is 19.1 Å². The normalized spacial score (nSPS) is 19.1. The Balaban J connectivity index is 1.85. The number of carbonyl (C=O) groups excluding carboxylic acids is 2. The number of hydrogen-bond acceptors (Lipinski definition) is 5. The van der Waals surface area contributed by atoms with Crippen LogP contribution in [0.3, 0.4) is 0 Å². The van der Waals surface area contributed by atoms with Gasteiger partial charge in [-0.25, -0.2) is 0 Å². The molecule has 0 bridgehead atoms. The van der Waals surface area contributed by atoms with Gasteiger partial charge in [0.2, 0.25) is 6.10 Å². The molecule has 0 spiro atoms. The summed E-state index contributed by atoms with van der Waals surface area (Å²) in [6.07, 6.45) is -0.680. The zero-order valence-electron chi connectivity index (χ0n) is 14.0. The van der Waals surface area contributed by atoms with Crippen molar-refractivity contribution < 1.29 is 23.8 Å². The minimum Gasteiger partial charge on any atom is -0.497 e. The summed E-state index contributed by atoms with van der Waals surface area (Å²) < 4.78 is 15.7. The second-order valence-corrected chi connectivity index (χ2v) is 5.61. The summed E-state index contributed by atoms with van der Waals surface area (Å²) in [7, 11) is 2.89. The van der Waals surface area contributed by atoms with Crippen LogP contribution in [0.5, 0.6) is 11.5 Å². The fourth-order valence-electron chi connectivity index (χ4n) is 2.81. The van der Waals surface area contributed by atoms with Crippen LogP contribution in [0, 0.1) is 0 Å². The van der Waals surface area contributed by atoms with Crippen LogP contribution in [-0.2, 0) is 14.3 Å².